The average molecular weight is 605 g/mol. The van der Waals surface area contributed by atoms with Gasteiger partial charge in [0.1, 0.15) is 17.2 Å². The molecule has 0 atom stereocenters. The molecule has 0 amide bonds. The van der Waals surface area contributed by atoms with E-state index in [1.165, 1.54) is 16.7 Å². The van der Waals surface area contributed by atoms with E-state index in [4.69, 9.17) is 13.6 Å². The minimum Gasteiger partial charge on any atom is -0.408 e. The first-order valence-electron chi connectivity index (χ1n) is 16.0. The molecule has 4 heteroatoms. The fourth-order valence-electron chi connectivity index (χ4n) is 5.01. The lowest BCUT2D eigenvalue weighted by molar-refractivity contribution is 0.372. The van der Waals surface area contributed by atoms with Crippen molar-refractivity contribution in [3.63, 3.8) is 0 Å². The van der Waals surface area contributed by atoms with Gasteiger partial charge in [0.25, 0.3) is 0 Å². The van der Waals surface area contributed by atoms with E-state index < -0.39 is 8.60 Å². The molecule has 0 bridgehead atoms. The zero-order valence-corrected chi connectivity index (χ0v) is 30.5. The van der Waals surface area contributed by atoms with Crippen LogP contribution in [0, 0.1) is 0 Å². The number of benzene rings is 3. The second kappa shape index (κ2) is 13.2. The lowest BCUT2D eigenvalue weighted by Crippen LogP contribution is -2.17. The van der Waals surface area contributed by atoms with E-state index in [2.05, 4.69) is 158 Å². The van der Waals surface area contributed by atoms with Crippen LogP contribution in [0.25, 0.3) is 0 Å². The molecular weight excluding hydrogens is 547 g/mol. The Hall–Kier alpha value is -2.51. The van der Waals surface area contributed by atoms with Gasteiger partial charge in [0.2, 0.25) is 0 Å². The van der Waals surface area contributed by atoms with Gasteiger partial charge in [0.15, 0.2) is 0 Å². The van der Waals surface area contributed by atoms with Crippen LogP contribution < -0.4 is 13.6 Å². The topological polar surface area (TPSA) is 27.7 Å². The third kappa shape index (κ3) is 9.01. The summed E-state index contributed by atoms with van der Waals surface area (Å²) in [6.45, 7) is 33.4. The van der Waals surface area contributed by atoms with Gasteiger partial charge in [-0.3, -0.25) is 0 Å². The van der Waals surface area contributed by atoms with Gasteiger partial charge >= 0.3 is 8.60 Å². The minimum absolute atomic E-state index is 0.119. The van der Waals surface area contributed by atoms with Crippen LogP contribution in [0.1, 0.15) is 155 Å². The fourth-order valence-corrected chi connectivity index (χ4v) is 6.09. The maximum atomic E-state index is 6.83. The molecule has 0 N–H and O–H groups in total. The van der Waals surface area contributed by atoms with Gasteiger partial charge in [-0.25, -0.2) is 0 Å². The molecule has 0 saturated carbocycles. The van der Waals surface area contributed by atoms with Crippen molar-refractivity contribution in [3.8, 4) is 17.2 Å². The molecular formula is C39H57O3P. The van der Waals surface area contributed by atoms with Crippen molar-refractivity contribution >= 4 is 8.60 Å². The summed E-state index contributed by atoms with van der Waals surface area (Å²) >= 11 is 0. The molecule has 0 aromatic heterocycles. The molecule has 0 aliphatic rings. The zero-order chi connectivity index (χ0) is 32.5. The van der Waals surface area contributed by atoms with Crippen LogP contribution in [0.15, 0.2) is 54.6 Å². The van der Waals surface area contributed by atoms with E-state index in [9.17, 15) is 0 Å². The summed E-state index contributed by atoms with van der Waals surface area (Å²) < 4.78 is 20.5. The van der Waals surface area contributed by atoms with Crippen LogP contribution in [0.5, 0.6) is 17.2 Å². The average Bonchev–Trinajstić information content (AvgIpc) is 2.87. The molecule has 0 heterocycles. The molecule has 43 heavy (non-hydrogen) atoms. The van der Waals surface area contributed by atoms with Crippen LogP contribution in [0.4, 0.5) is 0 Å². The summed E-state index contributed by atoms with van der Waals surface area (Å²) in [6, 6.07) is 19.6. The minimum atomic E-state index is -1.85. The largest absolute Gasteiger partial charge is 0.530 e. The second-order valence-electron chi connectivity index (χ2n) is 16.0. The van der Waals surface area contributed by atoms with Crippen molar-refractivity contribution in [1.82, 2.24) is 0 Å². The van der Waals surface area contributed by atoms with E-state index in [1.807, 2.05) is 0 Å². The molecule has 0 aliphatic heterocycles. The van der Waals surface area contributed by atoms with E-state index in [0.29, 0.717) is 17.8 Å². The second-order valence-corrected chi connectivity index (χ2v) is 17.0. The fraction of sp³-hybridized carbons (Fsp3) is 0.538. The number of hydrogen-bond donors (Lipinski definition) is 0. The SMILES string of the molecule is CC(C)c1ccc(OP(Oc2ccc(C(C)C)cc2C(C)(C)C)Oc2ccc(C(C)C)cc2C(C)(C)C)c(C(C)(C)C)c1. The lowest BCUT2D eigenvalue weighted by Gasteiger charge is -2.29. The summed E-state index contributed by atoms with van der Waals surface area (Å²) in [5.41, 5.74) is 6.97. The predicted molar refractivity (Wildman–Crippen MR) is 186 cm³/mol. The number of rotatable bonds is 9. The highest BCUT2D eigenvalue weighted by molar-refractivity contribution is 7.43. The van der Waals surface area contributed by atoms with Crippen LogP contribution in [0.2, 0.25) is 0 Å². The number of hydrogen-bond acceptors (Lipinski definition) is 3. The van der Waals surface area contributed by atoms with Crippen LogP contribution >= 0.6 is 8.60 Å². The molecule has 0 unspecified atom stereocenters. The Morgan fingerprint density at radius 2 is 0.651 bits per heavy atom. The van der Waals surface area contributed by atoms with E-state index >= 15 is 0 Å². The molecule has 0 radical (unpaired) electrons. The maximum Gasteiger partial charge on any atom is 0.530 e. The first kappa shape index (κ1) is 35.0. The van der Waals surface area contributed by atoms with Crippen LogP contribution in [-0.4, -0.2) is 0 Å². The quantitative estimate of drug-likeness (QED) is 0.227. The Labute approximate surface area is 264 Å². The first-order chi connectivity index (χ1) is 19.7. The maximum absolute atomic E-state index is 6.83. The van der Waals surface area contributed by atoms with Crippen molar-refractivity contribution in [2.75, 3.05) is 0 Å². The van der Waals surface area contributed by atoms with Crippen molar-refractivity contribution in [1.29, 1.82) is 0 Å². The summed E-state index contributed by atoms with van der Waals surface area (Å²) in [7, 11) is -1.85. The van der Waals surface area contributed by atoms with Gasteiger partial charge in [-0.15, -0.1) is 0 Å². The summed E-state index contributed by atoms with van der Waals surface area (Å²) in [6.07, 6.45) is 0. The standard InChI is InChI=1S/C39H57O3P/c1-25(2)28-16-19-34(31(22-28)37(7,8)9)40-43(41-35-20-17-29(26(3)4)23-32(35)38(10,11)12)42-36-21-18-30(27(5)6)24-33(36)39(13,14)15/h16-27H,1-15H3. The summed E-state index contributed by atoms with van der Waals surface area (Å²) in [5.74, 6) is 3.67. The molecule has 3 nitrogen and oxygen atoms in total. The van der Waals surface area contributed by atoms with Gasteiger partial charge in [-0.05, 0) is 68.9 Å². The molecule has 3 aromatic carbocycles. The highest BCUT2D eigenvalue weighted by atomic mass is 31.2. The molecule has 0 aliphatic carbocycles. The zero-order valence-electron chi connectivity index (χ0n) is 29.6. The van der Waals surface area contributed by atoms with Crippen molar-refractivity contribution in [3.05, 3.63) is 88.0 Å². The Morgan fingerprint density at radius 3 is 0.837 bits per heavy atom. The highest BCUT2D eigenvalue weighted by Crippen LogP contribution is 2.49. The van der Waals surface area contributed by atoms with Crippen molar-refractivity contribution < 1.29 is 13.6 Å². The van der Waals surface area contributed by atoms with E-state index in [0.717, 1.165) is 33.9 Å². The van der Waals surface area contributed by atoms with Gasteiger partial charge in [-0.2, -0.15) is 0 Å². The smallest absolute Gasteiger partial charge is 0.408 e. The molecule has 3 aromatic rings. The first-order valence-corrected chi connectivity index (χ1v) is 17.0. The highest BCUT2D eigenvalue weighted by Gasteiger charge is 2.31. The van der Waals surface area contributed by atoms with Crippen LogP contribution in [-0.2, 0) is 16.2 Å². The predicted octanol–water partition coefficient (Wildman–Crippen LogP) is 12.7. The van der Waals surface area contributed by atoms with E-state index in [1.54, 1.807) is 0 Å². The van der Waals surface area contributed by atoms with Gasteiger partial charge in [0, 0.05) is 16.7 Å². The van der Waals surface area contributed by atoms with Gasteiger partial charge in [-0.1, -0.05) is 140 Å². The van der Waals surface area contributed by atoms with Crippen molar-refractivity contribution in [2.24, 2.45) is 0 Å². The Bertz CT molecular complexity index is 1210. The van der Waals surface area contributed by atoms with Gasteiger partial charge < -0.3 is 13.6 Å². The normalized spacial score (nSPS) is 12.9. The lowest BCUT2D eigenvalue weighted by atomic mass is 9.84. The molecule has 0 spiro atoms. The Morgan fingerprint density at radius 1 is 0.419 bits per heavy atom. The van der Waals surface area contributed by atoms with Gasteiger partial charge in [0.05, 0.1) is 0 Å². The third-order valence-corrected chi connectivity index (χ3v) is 8.99. The molecule has 236 valence electrons. The monoisotopic (exact) mass is 604 g/mol. The summed E-state index contributed by atoms with van der Waals surface area (Å²) in [5, 5.41) is 0. The summed E-state index contributed by atoms with van der Waals surface area (Å²) in [4.78, 5) is 0. The Kier molecular flexibility index (Phi) is 10.8. The van der Waals surface area contributed by atoms with E-state index in [-0.39, 0.29) is 16.2 Å². The van der Waals surface area contributed by atoms with Crippen molar-refractivity contribution in [2.45, 2.75) is 138 Å². The Balaban J connectivity index is 2.19. The van der Waals surface area contributed by atoms with Crippen LogP contribution in [0.3, 0.4) is 0 Å². The molecule has 0 saturated heterocycles. The molecule has 3 rings (SSSR count). The molecule has 0 fully saturated rings. The third-order valence-electron chi connectivity index (χ3n) is 7.95.